The van der Waals surface area contributed by atoms with Crippen LogP contribution in [-0.2, 0) is 12.0 Å². The van der Waals surface area contributed by atoms with Gasteiger partial charge in [-0.2, -0.15) is 5.10 Å². The minimum atomic E-state index is -0.355. The van der Waals surface area contributed by atoms with Crippen molar-refractivity contribution in [3.05, 3.63) is 53.9 Å². The van der Waals surface area contributed by atoms with E-state index in [1.54, 1.807) is 6.20 Å². The van der Waals surface area contributed by atoms with Crippen molar-refractivity contribution in [1.82, 2.24) is 9.78 Å². The number of hydrogen-bond acceptors (Lipinski definition) is 2. The zero-order valence-electron chi connectivity index (χ0n) is 12.6. The highest BCUT2D eigenvalue weighted by Crippen LogP contribution is 2.41. The first-order chi connectivity index (χ1) is 10.3. The lowest BCUT2D eigenvalue weighted by molar-refractivity contribution is 0.0828. The van der Waals surface area contributed by atoms with E-state index in [2.05, 4.69) is 17.2 Å². The molecule has 0 unspecified atom stereocenters. The van der Waals surface area contributed by atoms with Crippen LogP contribution in [0.15, 0.2) is 42.6 Å². The second-order valence-electron chi connectivity index (χ2n) is 5.87. The maximum Gasteiger partial charge on any atom is 0.191 e. The third-order valence-corrected chi connectivity index (χ3v) is 4.72. The van der Waals surface area contributed by atoms with Crippen LogP contribution in [0.1, 0.15) is 55.1 Å². The normalized spacial score (nSPS) is 17.6. The Balaban J connectivity index is 2.06. The predicted octanol–water partition coefficient (Wildman–Crippen LogP) is 3.99. The van der Waals surface area contributed by atoms with Crippen molar-refractivity contribution < 1.29 is 4.79 Å². The molecule has 2 aromatic rings. The van der Waals surface area contributed by atoms with Crippen molar-refractivity contribution in [3.8, 4) is 0 Å². The van der Waals surface area contributed by atoms with Gasteiger partial charge >= 0.3 is 0 Å². The lowest BCUT2D eigenvalue weighted by Crippen LogP contribution is -2.39. The molecule has 0 bridgehead atoms. The van der Waals surface area contributed by atoms with E-state index in [1.807, 2.05) is 35.9 Å². The number of aryl methyl sites for hydroxylation is 1. The molecule has 3 rings (SSSR count). The molecule has 0 spiro atoms. The van der Waals surface area contributed by atoms with Gasteiger partial charge in [-0.05, 0) is 31.4 Å². The summed E-state index contributed by atoms with van der Waals surface area (Å²) in [6, 6.07) is 12.2. The molecular formula is C18H22N2O. The third kappa shape index (κ3) is 2.41. The van der Waals surface area contributed by atoms with Crippen LogP contribution in [0.5, 0.6) is 0 Å². The van der Waals surface area contributed by atoms with E-state index in [1.165, 1.54) is 12.0 Å². The fraction of sp³-hybridized carbons (Fsp3) is 0.444. The highest BCUT2D eigenvalue weighted by Gasteiger charge is 2.42. The van der Waals surface area contributed by atoms with Gasteiger partial charge in [0.15, 0.2) is 5.78 Å². The molecule has 0 radical (unpaired) electrons. The lowest BCUT2D eigenvalue weighted by atomic mass is 9.66. The number of hydrogen-bond donors (Lipinski definition) is 0. The molecule has 1 fully saturated rings. The maximum atomic E-state index is 13.3. The van der Waals surface area contributed by atoms with Crippen molar-refractivity contribution in [2.24, 2.45) is 0 Å². The molecule has 1 aromatic carbocycles. The quantitative estimate of drug-likeness (QED) is 0.795. The Labute approximate surface area is 126 Å². The SMILES string of the molecule is CCn1nccc1C(=O)C1(c2ccccc2)CCCCC1. The monoisotopic (exact) mass is 282 g/mol. The molecule has 0 amide bonds. The number of rotatable bonds is 4. The van der Waals surface area contributed by atoms with Crippen molar-refractivity contribution in [3.63, 3.8) is 0 Å². The molecule has 110 valence electrons. The molecule has 1 aliphatic carbocycles. The Morgan fingerprint density at radius 1 is 1.14 bits per heavy atom. The zero-order chi connectivity index (χ0) is 14.7. The number of benzene rings is 1. The number of Topliss-reactive ketones (excluding diaryl/α,β-unsaturated/α-hetero) is 1. The largest absolute Gasteiger partial charge is 0.291 e. The average molecular weight is 282 g/mol. The molecule has 3 nitrogen and oxygen atoms in total. The highest BCUT2D eigenvalue weighted by molar-refractivity contribution is 6.03. The van der Waals surface area contributed by atoms with E-state index in [0.717, 1.165) is 37.9 Å². The van der Waals surface area contributed by atoms with Crippen LogP contribution in [0.3, 0.4) is 0 Å². The van der Waals surface area contributed by atoms with Crippen LogP contribution in [0.4, 0.5) is 0 Å². The first kappa shape index (κ1) is 14.1. The van der Waals surface area contributed by atoms with E-state index in [4.69, 9.17) is 0 Å². The summed E-state index contributed by atoms with van der Waals surface area (Å²) in [7, 11) is 0. The number of nitrogens with zero attached hydrogens (tertiary/aromatic N) is 2. The van der Waals surface area contributed by atoms with Crippen LogP contribution in [0.2, 0.25) is 0 Å². The van der Waals surface area contributed by atoms with Gasteiger partial charge in [-0.1, -0.05) is 49.6 Å². The van der Waals surface area contributed by atoms with Crippen molar-refractivity contribution in [1.29, 1.82) is 0 Å². The van der Waals surface area contributed by atoms with Crippen molar-refractivity contribution >= 4 is 5.78 Å². The first-order valence-electron chi connectivity index (χ1n) is 7.90. The van der Waals surface area contributed by atoms with E-state index >= 15 is 0 Å². The van der Waals surface area contributed by atoms with Gasteiger partial charge in [0.2, 0.25) is 0 Å². The van der Waals surface area contributed by atoms with Gasteiger partial charge in [0, 0.05) is 12.7 Å². The summed E-state index contributed by atoms with van der Waals surface area (Å²) in [5.41, 5.74) is 1.56. The summed E-state index contributed by atoms with van der Waals surface area (Å²) in [6.45, 7) is 2.76. The average Bonchev–Trinajstić information content (AvgIpc) is 3.04. The number of ketones is 1. The van der Waals surface area contributed by atoms with Gasteiger partial charge in [0.25, 0.3) is 0 Å². The second-order valence-corrected chi connectivity index (χ2v) is 5.87. The molecule has 1 aliphatic rings. The van der Waals surface area contributed by atoms with Crippen LogP contribution in [0, 0.1) is 0 Å². The Bertz CT molecular complexity index is 609. The van der Waals surface area contributed by atoms with Crippen molar-refractivity contribution in [2.75, 3.05) is 0 Å². The van der Waals surface area contributed by atoms with Gasteiger partial charge in [-0.3, -0.25) is 9.48 Å². The van der Waals surface area contributed by atoms with Gasteiger partial charge < -0.3 is 0 Å². The molecule has 0 aliphatic heterocycles. The second kappa shape index (κ2) is 5.84. The molecular weight excluding hydrogens is 260 g/mol. The Kier molecular flexibility index (Phi) is 3.91. The summed E-state index contributed by atoms with van der Waals surface area (Å²) in [4.78, 5) is 13.3. The fourth-order valence-electron chi connectivity index (χ4n) is 3.58. The predicted molar refractivity (Wildman–Crippen MR) is 83.4 cm³/mol. The Morgan fingerprint density at radius 2 is 1.86 bits per heavy atom. The molecule has 1 aromatic heterocycles. The fourth-order valence-corrected chi connectivity index (χ4v) is 3.58. The summed E-state index contributed by atoms with van der Waals surface area (Å²) in [5.74, 6) is 0.243. The summed E-state index contributed by atoms with van der Waals surface area (Å²) < 4.78 is 1.82. The lowest BCUT2D eigenvalue weighted by Gasteiger charge is -2.36. The minimum Gasteiger partial charge on any atom is -0.291 e. The van der Waals surface area contributed by atoms with E-state index in [0.29, 0.717) is 0 Å². The Hall–Kier alpha value is -1.90. The maximum absolute atomic E-state index is 13.3. The highest BCUT2D eigenvalue weighted by atomic mass is 16.1. The summed E-state index contributed by atoms with van der Waals surface area (Å²) in [5, 5.41) is 4.27. The summed E-state index contributed by atoms with van der Waals surface area (Å²) in [6.07, 6.45) is 7.12. The van der Waals surface area contributed by atoms with Gasteiger partial charge in [-0.15, -0.1) is 0 Å². The third-order valence-electron chi connectivity index (χ3n) is 4.72. The molecule has 3 heteroatoms. The number of carbonyl (C=O) groups is 1. The van der Waals surface area contributed by atoms with Crippen molar-refractivity contribution in [2.45, 2.75) is 51.0 Å². The van der Waals surface area contributed by atoms with Gasteiger partial charge in [-0.25, -0.2) is 0 Å². The molecule has 0 saturated heterocycles. The number of carbonyl (C=O) groups excluding carboxylic acids is 1. The first-order valence-corrected chi connectivity index (χ1v) is 7.90. The smallest absolute Gasteiger partial charge is 0.191 e. The standard InChI is InChI=1S/C18H22N2O/c1-2-20-16(11-14-19-20)17(21)18(12-7-4-8-13-18)15-9-5-3-6-10-15/h3,5-6,9-11,14H,2,4,7-8,12-13H2,1H3. The van der Waals surface area contributed by atoms with Crippen LogP contribution in [-0.4, -0.2) is 15.6 Å². The molecule has 1 heterocycles. The zero-order valence-corrected chi connectivity index (χ0v) is 12.6. The molecule has 21 heavy (non-hydrogen) atoms. The van der Waals surface area contributed by atoms with E-state index in [9.17, 15) is 4.79 Å². The topological polar surface area (TPSA) is 34.9 Å². The van der Waals surface area contributed by atoms with Gasteiger partial charge in [0.05, 0.1) is 5.41 Å². The van der Waals surface area contributed by atoms with Crippen LogP contribution < -0.4 is 0 Å². The molecule has 0 atom stereocenters. The Morgan fingerprint density at radius 3 is 2.52 bits per heavy atom. The van der Waals surface area contributed by atoms with E-state index in [-0.39, 0.29) is 11.2 Å². The molecule has 0 N–H and O–H groups in total. The number of aromatic nitrogens is 2. The summed E-state index contributed by atoms with van der Waals surface area (Å²) >= 11 is 0. The van der Waals surface area contributed by atoms with Crippen LogP contribution in [0.25, 0.3) is 0 Å². The van der Waals surface area contributed by atoms with Gasteiger partial charge in [0.1, 0.15) is 5.69 Å². The molecule has 1 saturated carbocycles. The van der Waals surface area contributed by atoms with Crippen LogP contribution >= 0.6 is 0 Å². The minimum absolute atomic E-state index is 0.243. The van der Waals surface area contributed by atoms with E-state index < -0.39 is 0 Å².